The van der Waals surface area contributed by atoms with Crippen LogP contribution < -0.4 is 11.3 Å². The Hall–Kier alpha value is -0.550. The van der Waals surface area contributed by atoms with Crippen LogP contribution in [-0.4, -0.2) is 18.5 Å². The van der Waals surface area contributed by atoms with Gasteiger partial charge in [0, 0.05) is 11.5 Å². The largest absolute Gasteiger partial charge is 0.375 e. The van der Waals surface area contributed by atoms with E-state index < -0.39 is 0 Å². The zero-order chi connectivity index (χ0) is 14.0. The van der Waals surface area contributed by atoms with Crippen molar-refractivity contribution in [3.8, 4) is 0 Å². The van der Waals surface area contributed by atoms with Crippen LogP contribution in [0.4, 0.5) is 0 Å². The number of hydrogen-bond acceptors (Lipinski definition) is 4. The molecule has 1 saturated heterocycles. The first-order valence-electron chi connectivity index (χ1n) is 7.51. The molecule has 1 spiro atoms. The smallest absolute Gasteiger partial charge is 0.0686 e. The van der Waals surface area contributed by atoms with Gasteiger partial charge in [-0.25, -0.2) is 0 Å². The molecule has 1 heterocycles. The fourth-order valence-electron chi connectivity index (χ4n) is 3.67. The predicted octanol–water partition coefficient (Wildman–Crippen LogP) is 3.26. The van der Waals surface area contributed by atoms with Gasteiger partial charge in [-0.15, -0.1) is 11.8 Å². The molecule has 4 heteroatoms. The van der Waals surface area contributed by atoms with Crippen molar-refractivity contribution in [2.75, 3.05) is 12.9 Å². The van der Waals surface area contributed by atoms with Crippen molar-refractivity contribution in [2.24, 2.45) is 11.8 Å². The highest BCUT2D eigenvalue weighted by Crippen LogP contribution is 2.47. The Balaban J connectivity index is 1.82. The number of benzene rings is 1. The summed E-state index contributed by atoms with van der Waals surface area (Å²) in [5.41, 5.74) is 4.59. The molecule has 0 radical (unpaired) electrons. The lowest BCUT2D eigenvalue weighted by Crippen LogP contribution is -2.48. The fourth-order valence-corrected chi connectivity index (χ4v) is 4.32. The van der Waals surface area contributed by atoms with Gasteiger partial charge in [-0.2, -0.15) is 0 Å². The average molecular weight is 292 g/mol. The van der Waals surface area contributed by atoms with E-state index in [0.29, 0.717) is 5.92 Å². The summed E-state index contributed by atoms with van der Waals surface area (Å²) < 4.78 is 6.04. The van der Waals surface area contributed by atoms with Crippen LogP contribution in [0.25, 0.3) is 0 Å². The summed E-state index contributed by atoms with van der Waals surface area (Å²) in [4.78, 5) is 1.32. The van der Waals surface area contributed by atoms with Gasteiger partial charge in [-0.05, 0) is 55.9 Å². The number of hydrogen-bond donors (Lipinski definition) is 2. The SMILES string of the molecule is CSc1ccccc1C(NN)C1CCOC2(CCC2)C1. The molecule has 2 unspecified atom stereocenters. The van der Waals surface area contributed by atoms with Gasteiger partial charge in [0.2, 0.25) is 0 Å². The maximum Gasteiger partial charge on any atom is 0.0686 e. The molecule has 0 bridgehead atoms. The zero-order valence-corrected chi connectivity index (χ0v) is 12.9. The van der Waals surface area contributed by atoms with Gasteiger partial charge in [-0.1, -0.05) is 18.2 Å². The van der Waals surface area contributed by atoms with Gasteiger partial charge in [-0.3, -0.25) is 11.3 Å². The first-order chi connectivity index (χ1) is 9.78. The van der Waals surface area contributed by atoms with E-state index in [-0.39, 0.29) is 11.6 Å². The van der Waals surface area contributed by atoms with Crippen molar-refractivity contribution in [2.45, 2.75) is 48.6 Å². The van der Waals surface area contributed by atoms with Gasteiger partial charge in [0.1, 0.15) is 0 Å². The number of hydrazine groups is 1. The molecular formula is C16H24N2OS. The van der Waals surface area contributed by atoms with Crippen LogP contribution in [-0.2, 0) is 4.74 Å². The molecule has 3 nitrogen and oxygen atoms in total. The summed E-state index contributed by atoms with van der Waals surface area (Å²) in [6.45, 7) is 0.879. The summed E-state index contributed by atoms with van der Waals surface area (Å²) >= 11 is 1.80. The Morgan fingerprint density at radius 3 is 2.85 bits per heavy atom. The van der Waals surface area contributed by atoms with Crippen molar-refractivity contribution in [1.82, 2.24) is 5.43 Å². The van der Waals surface area contributed by atoms with E-state index in [1.165, 1.54) is 29.7 Å². The van der Waals surface area contributed by atoms with Crippen molar-refractivity contribution in [3.05, 3.63) is 29.8 Å². The summed E-state index contributed by atoms with van der Waals surface area (Å²) in [6.07, 6.45) is 8.14. The molecule has 110 valence electrons. The topological polar surface area (TPSA) is 47.3 Å². The van der Waals surface area contributed by atoms with Crippen molar-refractivity contribution in [3.63, 3.8) is 0 Å². The molecule has 1 aliphatic carbocycles. The Morgan fingerprint density at radius 1 is 1.40 bits per heavy atom. The Labute approximate surface area is 125 Å². The molecule has 1 aromatic rings. The van der Waals surface area contributed by atoms with Crippen molar-refractivity contribution < 1.29 is 4.74 Å². The van der Waals surface area contributed by atoms with Crippen LogP contribution in [0.2, 0.25) is 0 Å². The molecular weight excluding hydrogens is 268 g/mol. The van der Waals surface area contributed by atoms with Gasteiger partial charge in [0.25, 0.3) is 0 Å². The third-order valence-corrected chi connectivity index (χ3v) is 5.73. The summed E-state index contributed by atoms with van der Waals surface area (Å²) in [7, 11) is 0. The highest BCUT2D eigenvalue weighted by atomic mass is 32.2. The van der Waals surface area contributed by atoms with Gasteiger partial charge in [0.05, 0.1) is 11.6 Å². The Bertz CT molecular complexity index is 462. The minimum atomic E-state index is 0.173. The third kappa shape index (κ3) is 2.62. The highest BCUT2D eigenvalue weighted by Gasteiger charge is 2.44. The van der Waals surface area contributed by atoms with Crippen LogP contribution in [0, 0.1) is 5.92 Å². The number of nitrogens with one attached hydrogen (secondary N) is 1. The Morgan fingerprint density at radius 2 is 2.20 bits per heavy atom. The zero-order valence-electron chi connectivity index (χ0n) is 12.1. The number of thioether (sulfide) groups is 1. The second-order valence-corrected chi connectivity index (χ2v) is 6.87. The second-order valence-electron chi connectivity index (χ2n) is 6.02. The summed E-state index contributed by atoms with van der Waals surface area (Å²) in [6, 6.07) is 8.83. The summed E-state index contributed by atoms with van der Waals surface area (Å²) in [5, 5.41) is 0. The first kappa shape index (κ1) is 14.4. The van der Waals surface area contributed by atoms with Gasteiger partial charge >= 0.3 is 0 Å². The average Bonchev–Trinajstić information content (AvgIpc) is 2.47. The predicted molar refractivity (Wildman–Crippen MR) is 83.5 cm³/mol. The van der Waals surface area contributed by atoms with Crippen LogP contribution in [0.5, 0.6) is 0 Å². The molecule has 3 rings (SSSR count). The normalized spacial score (nSPS) is 26.2. The van der Waals surface area contributed by atoms with E-state index >= 15 is 0 Å². The van der Waals surface area contributed by atoms with E-state index in [0.717, 1.165) is 19.4 Å². The van der Waals surface area contributed by atoms with Gasteiger partial charge < -0.3 is 4.74 Å². The van der Waals surface area contributed by atoms with Crippen molar-refractivity contribution >= 4 is 11.8 Å². The number of nitrogens with two attached hydrogens (primary N) is 1. The molecule has 1 aromatic carbocycles. The van der Waals surface area contributed by atoms with Crippen LogP contribution in [0.3, 0.4) is 0 Å². The van der Waals surface area contributed by atoms with Crippen molar-refractivity contribution in [1.29, 1.82) is 0 Å². The van der Waals surface area contributed by atoms with Crippen LogP contribution in [0.15, 0.2) is 29.2 Å². The number of rotatable bonds is 4. The van der Waals surface area contributed by atoms with E-state index in [4.69, 9.17) is 10.6 Å². The lowest BCUT2D eigenvalue weighted by molar-refractivity contribution is -0.147. The first-order valence-corrected chi connectivity index (χ1v) is 8.73. The maximum atomic E-state index is 6.04. The molecule has 20 heavy (non-hydrogen) atoms. The molecule has 1 saturated carbocycles. The lowest BCUT2D eigenvalue weighted by Gasteiger charge is -2.48. The minimum absolute atomic E-state index is 0.173. The molecule has 1 aliphatic heterocycles. The maximum absolute atomic E-state index is 6.04. The fraction of sp³-hybridized carbons (Fsp3) is 0.625. The van der Waals surface area contributed by atoms with Gasteiger partial charge in [0.15, 0.2) is 0 Å². The molecule has 0 aromatic heterocycles. The lowest BCUT2D eigenvalue weighted by atomic mass is 9.70. The molecule has 2 fully saturated rings. The van der Waals surface area contributed by atoms with Crippen LogP contribution in [0.1, 0.15) is 43.7 Å². The van der Waals surface area contributed by atoms with Crippen LogP contribution >= 0.6 is 11.8 Å². The molecule has 0 amide bonds. The monoisotopic (exact) mass is 292 g/mol. The van der Waals surface area contributed by atoms with E-state index in [2.05, 4.69) is 35.9 Å². The standard InChI is InChI=1S/C16H24N2OS/c1-20-14-6-3-2-5-13(14)15(18-17)12-7-10-19-16(11-12)8-4-9-16/h2-3,5-6,12,15,18H,4,7-11,17H2,1H3. The van der Waals surface area contributed by atoms with E-state index in [1.54, 1.807) is 11.8 Å². The third-order valence-electron chi connectivity index (χ3n) is 4.92. The minimum Gasteiger partial charge on any atom is -0.375 e. The molecule has 3 N–H and O–H groups in total. The molecule has 2 aliphatic rings. The Kier molecular flexibility index (Phi) is 4.36. The quantitative estimate of drug-likeness (QED) is 0.508. The molecule has 2 atom stereocenters. The summed E-state index contributed by atoms with van der Waals surface area (Å²) in [5.74, 6) is 6.48. The van der Waals surface area contributed by atoms with E-state index in [9.17, 15) is 0 Å². The van der Waals surface area contributed by atoms with E-state index in [1.807, 2.05) is 0 Å². The highest BCUT2D eigenvalue weighted by molar-refractivity contribution is 7.98. The second kappa shape index (κ2) is 6.06. The number of ether oxygens (including phenoxy) is 1.